The van der Waals surface area contributed by atoms with Gasteiger partial charge in [0.1, 0.15) is 0 Å². The lowest BCUT2D eigenvalue weighted by atomic mass is 10.1. The summed E-state index contributed by atoms with van der Waals surface area (Å²) < 4.78 is 0. The van der Waals surface area contributed by atoms with Crippen LogP contribution in [-0.4, -0.2) is 0 Å². The van der Waals surface area contributed by atoms with Crippen LogP contribution in [0.2, 0.25) is 0 Å². The molecule has 1 aliphatic carbocycles. The number of rotatable bonds is 3. The maximum Gasteiger partial charge on any atom is 0.0171 e. The van der Waals surface area contributed by atoms with Crippen molar-refractivity contribution in [1.82, 2.24) is 0 Å². The summed E-state index contributed by atoms with van der Waals surface area (Å²) in [5.41, 5.74) is 0. The van der Waals surface area contributed by atoms with Crippen molar-refractivity contribution in [2.24, 2.45) is 23.7 Å². The SMILES string of the molecule is CC=CC1C(C)C1CC#CC(C)CC. The third-order valence-corrected chi connectivity index (χ3v) is 3.35. The van der Waals surface area contributed by atoms with Crippen LogP contribution in [0.4, 0.5) is 0 Å². The van der Waals surface area contributed by atoms with Gasteiger partial charge in [-0.05, 0) is 31.1 Å². The molecule has 1 rings (SSSR count). The van der Waals surface area contributed by atoms with Crippen molar-refractivity contribution in [3.63, 3.8) is 0 Å². The minimum Gasteiger partial charge on any atom is -0.103 e. The van der Waals surface area contributed by atoms with Gasteiger partial charge in [-0.2, -0.15) is 0 Å². The predicted octanol–water partition coefficient (Wildman–Crippen LogP) is 3.88. The van der Waals surface area contributed by atoms with Crippen molar-refractivity contribution in [3.8, 4) is 11.8 Å². The molecule has 0 N–H and O–H groups in total. The van der Waals surface area contributed by atoms with Gasteiger partial charge in [0.25, 0.3) is 0 Å². The van der Waals surface area contributed by atoms with Crippen LogP contribution < -0.4 is 0 Å². The van der Waals surface area contributed by atoms with Gasteiger partial charge in [0.05, 0.1) is 0 Å². The van der Waals surface area contributed by atoms with Gasteiger partial charge in [0.2, 0.25) is 0 Å². The molecule has 0 heteroatoms. The third-order valence-electron chi connectivity index (χ3n) is 3.35. The van der Waals surface area contributed by atoms with E-state index in [1.807, 2.05) is 0 Å². The smallest absolute Gasteiger partial charge is 0.0171 e. The summed E-state index contributed by atoms with van der Waals surface area (Å²) in [5, 5.41) is 0. The fraction of sp³-hybridized carbons (Fsp3) is 0.714. The topological polar surface area (TPSA) is 0 Å². The molecule has 0 nitrogen and oxygen atoms in total. The molecule has 78 valence electrons. The monoisotopic (exact) mass is 190 g/mol. The quantitative estimate of drug-likeness (QED) is 0.468. The molecule has 0 heterocycles. The van der Waals surface area contributed by atoms with Crippen LogP contribution in [0.1, 0.15) is 40.5 Å². The van der Waals surface area contributed by atoms with Gasteiger partial charge >= 0.3 is 0 Å². The number of hydrogen-bond donors (Lipinski definition) is 0. The van der Waals surface area contributed by atoms with E-state index >= 15 is 0 Å². The largest absolute Gasteiger partial charge is 0.103 e. The Balaban J connectivity index is 2.29. The van der Waals surface area contributed by atoms with Gasteiger partial charge in [-0.3, -0.25) is 0 Å². The summed E-state index contributed by atoms with van der Waals surface area (Å²) in [5.74, 6) is 9.72. The van der Waals surface area contributed by atoms with Crippen LogP contribution in [0.5, 0.6) is 0 Å². The minimum atomic E-state index is 0.573. The lowest BCUT2D eigenvalue weighted by Gasteiger charge is -1.94. The molecule has 0 saturated heterocycles. The first-order chi connectivity index (χ1) is 6.70. The molecule has 0 spiro atoms. The molecule has 1 saturated carbocycles. The van der Waals surface area contributed by atoms with Crippen LogP contribution in [0, 0.1) is 35.5 Å². The van der Waals surface area contributed by atoms with Crippen molar-refractivity contribution >= 4 is 0 Å². The molecule has 0 radical (unpaired) electrons. The van der Waals surface area contributed by atoms with Crippen LogP contribution in [0.25, 0.3) is 0 Å². The second-order valence-corrected chi connectivity index (χ2v) is 4.46. The van der Waals surface area contributed by atoms with Gasteiger partial charge in [-0.1, -0.05) is 32.9 Å². The maximum atomic E-state index is 3.33. The Hall–Kier alpha value is -0.700. The van der Waals surface area contributed by atoms with E-state index < -0.39 is 0 Å². The highest BCUT2D eigenvalue weighted by atomic mass is 14.5. The average Bonchev–Trinajstić information content (AvgIpc) is 2.78. The van der Waals surface area contributed by atoms with Crippen LogP contribution in [0.15, 0.2) is 12.2 Å². The van der Waals surface area contributed by atoms with Gasteiger partial charge in [-0.25, -0.2) is 0 Å². The molecule has 1 aliphatic rings. The maximum absolute atomic E-state index is 3.33. The summed E-state index contributed by atoms with van der Waals surface area (Å²) in [4.78, 5) is 0. The molecule has 0 aromatic rings. The van der Waals surface area contributed by atoms with Crippen molar-refractivity contribution in [2.75, 3.05) is 0 Å². The van der Waals surface area contributed by atoms with Gasteiger partial charge in [-0.15, -0.1) is 11.8 Å². The summed E-state index contributed by atoms with van der Waals surface area (Å²) in [6, 6.07) is 0. The lowest BCUT2D eigenvalue weighted by Crippen LogP contribution is -1.85. The lowest BCUT2D eigenvalue weighted by molar-refractivity contribution is 0.717. The molecule has 4 unspecified atom stereocenters. The number of hydrogen-bond acceptors (Lipinski definition) is 0. The molecule has 0 amide bonds. The van der Waals surface area contributed by atoms with E-state index in [1.54, 1.807) is 0 Å². The van der Waals surface area contributed by atoms with E-state index in [0.717, 1.165) is 24.2 Å². The van der Waals surface area contributed by atoms with E-state index in [2.05, 4.69) is 51.7 Å². The third kappa shape index (κ3) is 2.91. The molecular formula is C14H22. The van der Waals surface area contributed by atoms with Gasteiger partial charge in [0, 0.05) is 12.3 Å². The Kier molecular flexibility index (Phi) is 4.26. The standard InChI is InChI=1S/C14H22/c1-5-8-13-12(4)14(13)10-7-9-11(3)6-2/h5,8,11-14H,6,10H2,1-4H3. The van der Waals surface area contributed by atoms with Crippen molar-refractivity contribution in [2.45, 2.75) is 40.5 Å². The number of allylic oxidation sites excluding steroid dienone is 2. The predicted molar refractivity (Wildman–Crippen MR) is 62.8 cm³/mol. The van der Waals surface area contributed by atoms with E-state index in [9.17, 15) is 0 Å². The molecule has 0 aliphatic heterocycles. The fourth-order valence-electron chi connectivity index (χ4n) is 1.89. The highest BCUT2D eigenvalue weighted by molar-refractivity contribution is 5.12. The van der Waals surface area contributed by atoms with Crippen molar-refractivity contribution in [3.05, 3.63) is 12.2 Å². The Morgan fingerprint density at radius 1 is 1.43 bits per heavy atom. The zero-order valence-electron chi connectivity index (χ0n) is 9.88. The van der Waals surface area contributed by atoms with E-state index in [4.69, 9.17) is 0 Å². The average molecular weight is 190 g/mol. The first-order valence-electron chi connectivity index (χ1n) is 5.81. The Morgan fingerprint density at radius 2 is 2.14 bits per heavy atom. The van der Waals surface area contributed by atoms with Crippen molar-refractivity contribution < 1.29 is 0 Å². The van der Waals surface area contributed by atoms with Crippen LogP contribution >= 0.6 is 0 Å². The molecule has 0 bridgehead atoms. The highest BCUT2D eigenvalue weighted by Gasteiger charge is 2.43. The second kappa shape index (κ2) is 5.25. The minimum absolute atomic E-state index is 0.573. The molecular weight excluding hydrogens is 168 g/mol. The van der Waals surface area contributed by atoms with Crippen LogP contribution in [0.3, 0.4) is 0 Å². The summed E-state index contributed by atoms with van der Waals surface area (Å²) >= 11 is 0. The van der Waals surface area contributed by atoms with Gasteiger partial charge in [0.15, 0.2) is 0 Å². The zero-order valence-corrected chi connectivity index (χ0v) is 9.88. The summed E-state index contributed by atoms with van der Waals surface area (Å²) in [7, 11) is 0. The summed E-state index contributed by atoms with van der Waals surface area (Å²) in [6.45, 7) is 8.83. The Bertz CT molecular complexity index is 251. The van der Waals surface area contributed by atoms with E-state index in [-0.39, 0.29) is 0 Å². The van der Waals surface area contributed by atoms with Crippen LogP contribution in [-0.2, 0) is 0 Å². The zero-order chi connectivity index (χ0) is 10.6. The first kappa shape index (κ1) is 11.4. The molecule has 4 atom stereocenters. The van der Waals surface area contributed by atoms with Gasteiger partial charge < -0.3 is 0 Å². The Morgan fingerprint density at radius 3 is 2.71 bits per heavy atom. The molecule has 14 heavy (non-hydrogen) atoms. The molecule has 1 fully saturated rings. The molecule has 0 aromatic carbocycles. The first-order valence-corrected chi connectivity index (χ1v) is 5.81. The van der Waals surface area contributed by atoms with Crippen molar-refractivity contribution in [1.29, 1.82) is 0 Å². The van der Waals surface area contributed by atoms with E-state index in [0.29, 0.717) is 5.92 Å². The normalized spacial score (nSPS) is 32.4. The van der Waals surface area contributed by atoms with E-state index in [1.165, 1.54) is 6.42 Å². The highest BCUT2D eigenvalue weighted by Crippen LogP contribution is 2.48. The second-order valence-electron chi connectivity index (χ2n) is 4.46. The molecule has 0 aromatic heterocycles. The Labute approximate surface area is 88.8 Å². The fourth-order valence-corrected chi connectivity index (χ4v) is 1.89. The summed E-state index contributed by atoms with van der Waals surface area (Å²) in [6.07, 6.45) is 6.77.